The predicted octanol–water partition coefficient (Wildman–Crippen LogP) is 2.86. The highest BCUT2D eigenvalue weighted by Gasteiger charge is 2.59. The minimum Gasteiger partial charge on any atom is -0.378 e. The lowest BCUT2D eigenvalue weighted by Crippen LogP contribution is -2.67. The lowest BCUT2D eigenvalue weighted by atomic mass is 9.51. The van der Waals surface area contributed by atoms with E-state index in [-0.39, 0.29) is 17.4 Å². The van der Waals surface area contributed by atoms with Crippen molar-refractivity contribution in [3.8, 4) is 11.4 Å². The van der Waals surface area contributed by atoms with E-state index < -0.39 is 0 Å². The van der Waals surface area contributed by atoms with Crippen LogP contribution in [0.3, 0.4) is 0 Å². The molecule has 132 valence electrons. The Labute approximate surface area is 147 Å². The van der Waals surface area contributed by atoms with Crippen LogP contribution in [-0.2, 0) is 4.74 Å². The van der Waals surface area contributed by atoms with Gasteiger partial charge in [-0.25, -0.2) is 4.98 Å². The van der Waals surface area contributed by atoms with Gasteiger partial charge in [-0.15, -0.1) is 0 Å². The summed E-state index contributed by atoms with van der Waals surface area (Å²) in [6, 6.07) is 7.69. The van der Waals surface area contributed by atoms with Crippen LogP contribution in [0.25, 0.3) is 11.4 Å². The molecule has 2 saturated carbocycles. The van der Waals surface area contributed by atoms with E-state index in [0.29, 0.717) is 17.5 Å². The number of nitrogens with one attached hydrogen (secondary N) is 2. The number of aryl methyl sites for hydroxylation is 1. The van der Waals surface area contributed by atoms with Crippen molar-refractivity contribution in [2.75, 3.05) is 6.61 Å². The van der Waals surface area contributed by atoms with Crippen molar-refractivity contribution in [2.45, 2.75) is 51.7 Å². The van der Waals surface area contributed by atoms with Crippen LogP contribution < -0.4 is 5.32 Å². The maximum atomic E-state index is 12.6. The van der Waals surface area contributed by atoms with Gasteiger partial charge in [-0.2, -0.15) is 5.10 Å². The van der Waals surface area contributed by atoms with Gasteiger partial charge in [0, 0.05) is 29.2 Å². The van der Waals surface area contributed by atoms with E-state index >= 15 is 0 Å². The normalized spacial score (nSPS) is 23.8. The molecule has 6 heteroatoms. The van der Waals surface area contributed by atoms with Crippen LogP contribution in [0.1, 0.15) is 48.8 Å². The minimum absolute atomic E-state index is 0.0102. The molecule has 1 spiro atoms. The van der Waals surface area contributed by atoms with Crippen LogP contribution in [0.15, 0.2) is 24.3 Å². The average Bonchev–Trinajstić information content (AvgIpc) is 2.99. The number of carbonyl (C=O) groups is 1. The van der Waals surface area contributed by atoms with Crippen molar-refractivity contribution in [1.29, 1.82) is 0 Å². The fourth-order valence-electron chi connectivity index (χ4n) is 4.12. The number of H-pyrrole nitrogens is 1. The Balaban J connectivity index is 1.42. The molecule has 4 rings (SSSR count). The van der Waals surface area contributed by atoms with Crippen molar-refractivity contribution >= 4 is 5.91 Å². The molecular weight excluding hydrogens is 316 g/mol. The monoisotopic (exact) mass is 340 g/mol. The zero-order valence-corrected chi connectivity index (χ0v) is 14.7. The number of amides is 1. The number of aromatic nitrogens is 3. The molecule has 2 aromatic rings. The summed E-state index contributed by atoms with van der Waals surface area (Å²) in [5, 5.41) is 10.2. The molecule has 2 fully saturated rings. The molecule has 25 heavy (non-hydrogen) atoms. The molecule has 1 heterocycles. The first-order valence-electron chi connectivity index (χ1n) is 9.04. The minimum atomic E-state index is -0.0102. The van der Waals surface area contributed by atoms with E-state index in [1.165, 1.54) is 6.42 Å². The maximum Gasteiger partial charge on any atom is 0.251 e. The molecule has 1 aromatic carbocycles. The molecule has 0 bridgehead atoms. The topological polar surface area (TPSA) is 79.9 Å². The van der Waals surface area contributed by atoms with Crippen molar-refractivity contribution in [2.24, 2.45) is 5.41 Å². The van der Waals surface area contributed by atoms with E-state index in [0.717, 1.165) is 37.3 Å². The summed E-state index contributed by atoms with van der Waals surface area (Å²) in [7, 11) is 0. The lowest BCUT2D eigenvalue weighted by Gasteiger charge is -2.61. The van der Waals surface area contributed by atoms with Crippen LogP contribution >= 0.6 is 0 Å². The second kappa shape index (κ2) is 6.26. The molecule has 2 atom stereocenters. The maximum absolute atomic E-state index is 12.6. The van der Waals surface area contributed by atoms with Gasteiger partial charge in [-0.05, 0) is 45.2 Å². The summed E-state index contributed by atoms with van der Waals surface area (Å²) < 4.78 is 5.85. The van der Waals surface area contributed by atoms with Crippen molar-refractivity contribution < 1.29 is 9.53 Å². The molecule has 1 amide bonds. The Hall–Kier alpha value is -2.21. The van der Waals surface area contributed by atoms with E-state index in [2.05, 4.69) is 20.5 Å². The number of carbonyl (C=O) groups excluding carboxylic acids is 1. The SMILES string of the molecule is CCO[C@H]1C[C@H](NC(=O)c2ccc(-c3n[nH]c(C)n3)cc2)C12CCC2. The molecule has 2 aliphatic rings. The number of ether oxygens (including phenoxy) is 1. The summed E-state index contributed by atoms with van der Waals surface area (Å²) >= 11 is 0. The number of aromatic amines is 1. The number of hydrogen-bond acceptors (Lipinski definition) is 4. The molecule has 0 aliphatic heterocycles. The molecule has 2 aliphatic carbocycles. The first-order valence-corrected chi connectivity index (χ1v) is 9.04. The average molecular weight is 340 g/mol. The first-order chi connectivity index (χ1) is 12.1. The highest BCUT2D eigenvalue weighted by atomic mass is 16.5. The number of benzene rings is 1. The number of rotatable bonds is 5. The second-order valence-electron chi connectivity index (χ2n) is 7.11. The first kappa shape index (κ1) is 16.3. The number of hydrogen-bond donors (Lipinski definition) is 2. The molecule has 6 nitrogen and oxygen atoms in total. The molecule has 0 unspecified atom stereocenters. The van der Waals surface area contributed by atoms with Crippen molar-refractivity contribution in [1.82, 2.24) is 20.5 Å². The van der Waals surface area contributed by atoms with E-state index in [9.17, 15) is 4.79 Å². The zero-order valence-electron chi connectivity index (χ0n) is 14.7. The summed E-state index contributed by atoms with van der Waals surface area (Å²) in [6.45, 7) is 4.65. The summed E-state index contributed by atoms with van der Waals surface area (Å²) in [5.74, 6) is 1.41. The Morgan fingerprint density at radius 3 is 2.68 bits per heavy atom. The summed E-state index contributed by atoms with van der Waals surface area (Å²) in [4.78, 5) is 16.9. The molecule has 0 saturated heterocycles. The highest BCUT2D eigenvalue weighted by molar-refractivity contribution is 5.95. The Bertz CT molecular complexity index is 764. The third-order valence-electron chi connectivity index (χ3n) is 5.75. The van der Waals surface area contributed by atoms with Gasteiger partial charge in [0.25, 0.3) is 5.91 Å². The van der Waals surface area contributed by atoms with Gasteiger partial charge in [0.15, 0.2) is 5.82 Å². The quantitative estimate of drug-likeness (QED) is 0.877. The standard InChI is InChI=1S/C19H24N4O2/c1-3-25-16-11-15(19(16)9-4-10-19)21-18(24)14-7-5-13(6-8-14)17-20-12(2)22-23-17/h5-8,15-16H,3-4,9-11H2,1-2H3,(H,21,24)(H,20,22,23)/t15-,16-/m0/s1. The molecular formula is C19H24N4O2. The van der Waals surface area contributed by atoms with Gasteiger partial charge in [0.05, 0.1) is 6.10 Å². The van der Waals surface area contributed by atoms with Gasteiger partial charge >= 0.3 is 0 Å². The largest absolute Gasteiger partial charge is 0.378 e. The highest BCUT2D eigenvalue weighted by Crippen LogP contribution is 2.57. The second-order valence-corrected chi connectivity index (χ2v) is 7.11. The van der Waals surface area contributed by atoms with Gasteiger partial charge in [0.2, 0.25) is 0 Å². The van der Waals surface area contributed by atoms with Crippen molar-refractivity contribution in [3.63, 3.8) is 0 Å². The van der Waals surface area contributed by atoms with Gasteiger partial charge in [-0.3, -0.25) is 9.89 Å². The Morgan fingerprint density at radius 2 is 2.12 bits per heavy atom. The van der Waals surface area contributed by atoms with Gasteiger partial charge in [0.1, 0.15) is 5.82 Å². The third-order valence-corrected chi connectivity index (χ3v) is 5.75. The van der Waals surface area contributed by atoms with Crippen molar-refractivity contribution in [3.05, 3.63) is 35.7 Å². The smallest absolute Gasteiger partial charge is 0.251 e. The number of nitrogens with zero attached hydrogens (tertiary/aromatic N) is 2. The van der Waals surface area contributed by atoms with E-state index in [1.54, 1.807) is 0 Å². The van der Waals surface area contributed by atoms with Crippen LogP contribution in [0.4, 0.5) is 0 Å². The van der Waals surface area contributed by atoms with Gasteiger partial charge in [-0.1, -0.05) is 18.6 Å². The van der Waals surface area contributed by atoms with Gasteiger partial charge < -0.3 is 10.1 Å². The molecule has 1 aromatic heterocycles. The molecule has 0 radical (unpaired) electrons. The van der Waals surface area contributed by atoms with E-state index in [4.69, 9.17) is 4.74 Å². The van der Waals surface area contributed by atoms with Crippen LogP contribution in [0.2, 0.25) is 0 Å². The van der Waals surface area contributed by atoms with Crippen LogP contribution in [0.5, 0.6) is 0 Å². The Kier molecular flexibility index (Phi) is 4.07. The van der Waals surface area contributed by atoms with E-state index in [1.807, 2.05) is 38.1 Å². The zero-order chi connectivity index (χ0) is 17.4. The van der Waals surface area contributed by atoms with Crippen LogP contribution in [-0.4, -0.2) is 39.8 Å². The van der Waals surface area contributed by atoms with Crippen LogP contribution in [0, 0.1) is 12.3 Å². The predicted molar refractivity (Wildman–Crippen MR) is 94.1 cm³/mol. The Morgan fingerprint density at radius 1 is 1.36 bits per heavy atom. The summed E-state index contributed by atoms with van der Waals surface area (Å²) in [5.41, 5.74) is 1.75. The molecule has 2 N–H and O–H groups in total. The fourth-order valence-corrected chi connectivity index (χ4v) is 4.12. The summed E-state index contributed by atoms with van der Waals surface area (Å²) in [6.07, 6.45) is 4.79. The third kappa shape index (κ3) is 2.74. The lowest BCUT2D eigenvalue weighted by molar-refractivity contribution is -0.169. The fraction of sp³-hybridized carbons (Fsp3) is 0.526.